The van der Waals surface area contributed by atoms with Gasteiger partial charge in [-0.1, -0.05) is 6.07 Å². The van der Waals surface area contributed by atoms with Crippen LogP contribution in [0.1, 0.15) is 5.56 Å². The molecule has 0 saturated carbocycles. The SMILES string of the molecule is COc1ccc2[nH]c3c(N)ccc(NCCc4ccc(O)c(O)c4)c3c(=O)c2c1. The molecule has 0 bridgehead atoms. The number of benzene rings is 3. The number of ether oxygens (including phenoxy) is 1. The van der Waals surface area contributed by atoms with E-state index in [0.717, 1.165) is 5.56 Å². The van der Waals surface area contributed by atoms with Crippen molar-refractivity contribution in [1.82, 2.24) is 4.98 Å². The average Bonchev–Trinajstić information content (AvgIpc) is 2.72. The first-order chi connectivity index (χ1) is 14.0. The molecule has 7 nitrogen and oxygen atoms in total. The van der Waals surface area contributed by atoms with E-state index >= 15 is 0 Å². The van der Waals surface area contributed by atoms with Gasteiger partial charge in [0.25, 0.3) is 0 Å². The Labute approximate surface area is 166 Å². The Morgan fingerprint density at radius 2 is 1.90 bits per heavy atom. The van der Waals surface area contributed by atoms with Crippen LogP contribution >= 0.6 is 0 Å². The molecule has 0 aliphatic rings. The highest BCUT2D eigenvalue weighted by Gasteiger charge is 2.13. The Kier molecular flexibility index (Phi) is 4.64. The lowest BCUT2D eigenvalue weighted by Gasteiger charge is -2.13. The summed E-state index contributed by atoms with van der Waals surface area (Å²) in [6.45, 7) is 0.527. The van der Waals surface area contributed by atoms with Crippen LogP contribution in [0.5, 0.6) is 17.2 Å². The summed E-state index contributed by atoms with van der Waals surface area (Å²) >= 11 is 0. The van der Waals surface area contributed by atoms with Crippen LogP contribution < -0.4 is 21.2 Å². The summed E-state index contributed by atoms with van der Waals surface area (Å²) in [4.78, 5) is 16.5. The number of phenolic OH excluding ortho intramolecular Hbond substituents is 2. The second kappa shape index (κ2) is 7.27. The van der Waals surface area contributed by atoms with Crippen molar-refractivity contribution in [3.8, 4) is 17.2 Å². The molecular weight excluding hydrogens is 370 g/mol. The fourth-order valence-electron chi connectivity index (χ4n) is 3.42. The third-order valence-corrected chi connectivity index (χ3v) is 4.96. The number of pyridine rings is 1. The van der Waals surface area contributed by atoms with Gasteiger partial charge in [0, 0.05) is 17.6 Å². The highest BCUT2D eigenvalue weighted by atomic mass is 16.5. The van der Waals surface area contributed by atoms with E-state index in [0.29, 0.717) is 51.9 Å². The minimum absolute atomic E-state index is 0.135. The number of nitrogen functional groups attached to an aromatic ring is 1. The molecule has 148 valence electrons. The topological polar surface area (TPSA) is 121 Å². The molecule has 0 amide bonds. The molecule has 0 radical (unpaired) electrons. The van der Waals surface area contributed by atoms with E-state index in [2.05, 4.69) is 10.3 Å². The van der Waals surface area contributed by atoms with Crippen LogP contribution in [-0.4, -0.2) is 28.9 Å². The number of hydrogen-bond donors (Lipinski definition) is 5. The van der Waals surface area contributed by atoms with Crippen molar-refractivity contribution in [3.63, 3.8) is 0 Å². The molecule has 0 spiro atoms. The summed E-state index contributed by atoms with van der Waals surface area (Å²) in [6, 6.07) is 13.5. The van der Waals surface area contributed by atoms with Crippen LogP contribution in [0.4, 0.5) is 11.4 Å². The van der Waals surface area contributed by atoms with Crippen molar-refractivity contribution in [2.24, 2.45) is 0 Å². The van der Waals surface area contributed by atoms with Gasteiger partial charge in [-0.25, -0.2) is 0 Å². The molecule has 0 saturated heterocycles. The van der Waals surface area contributed by atoms with E-state index in [1.165, 1.54) is 12.1 Å². The van der Waals surface area contributed by atoms with Crippen LogP contribution in [0.2, 0.25) is 0 Å². The summed E-state index contributed by atoms with van der Waals surface area (Å²) in [5, 5.41) is 23.3. The highest BCUT2D eigenvalue weighted by molar-refractivity contribution is 6.04. The summed E-state index contributed by atoms with van der Waals surface area (Å²) in [5.74, 6) is 0.297. The fourth-order valence-corrected chi connectivity index (χ4v) is 3.42. The molecule has 7 heteroatoms. The largest absolute Gasteiger partial charge is 0.504 e. The first kappa shape index (κ1) is 18.5. The Balaban J connectivity index is 1.72. The van der Waals surface area contributed by atoms with E-state index in [9.17, 15) is 15.0 Å². The number of anilines is 2. The van der Waals surface area contributed by atoms with Crippen LogP contribution in [-0.2, 0) is 6.42 Å². The van der Waals surface area contributed by atoms with E-state index in [1.54, 1.807) is 43.5 Å². The van der Waals surface area contributed by atoms with E-state index in [-0.39, 0.29) is 16.9 Å². The van der Waals surface area contributed by atoms with Crippen LogP contribution in [0.3, 0.4) is 0 Å². The summed E-state index contributed by atoms with van der Waals surface area (Å²) in [7, 11) is 1.56. The minimum atomic E-state index is -0.155. The number of fused-ring (bicyclic) bond motifs is 2. The molecule has 6 N–H and O–H groups in total. The molecule has 3 aromatic carbocycles. The Hall–Kier alpha value is -3.87. The van der Waals surface area contributed by atoms with Gasteiger partial charge in [0.2, 0.25) is 0 Å². The minimum Gasteiger partial charge on any atom is -0.504 e. The quantitative estimate of drug-likeness (QED) is 0.202. The van der Waals surface area contributed by atoms with Crippen molar-refractivity contribution < 1.29 is 14.9 Å². The van der Waals surface area contributed by atoms with E-state index < -0.39 is 0 Å². The number of methoxy groups -OCH3 is 1. The van der Waals surface area contributed by atoms with Gasteiger partial charge in [-0.2, -0.15) is 0 Å². The van der Waals surface area contributed by atoms with Gasteiger partial charge in [0.05, 0.1) is 29.2 Å². The lowest BCUT2D eigenvalue weighted by molar-refractivity contribution is 0.403. The number of nitrogens with two attached hydrogens (primary N) is 1. The Bertz CT molecular complexity index is 1280. The molecular formula is C22H21N3O4. The van der Waals surface area contributed by atoms with Gasteiger partial charge < -0.3 is 31.0 Å². The Morgan fingerprint density at radius 3 is 2.66 bits per heavy atom. The molecule has 4 rings (SSSR count). The van der Waals surface area contributed by atoms with Gasteiger partial charge in [-0.15, -0.1) is 0 Å². The summed E-state index contributed by atoms with van der Waals surface area (Å²) < 4.78 is 5.24. The predicted molar refractivity (Wildman–Crippen MR) is 115 cm³/mol. The average molecular weight is 391 g/mol. The molecule has 1 aromatic heterocycles. The van der Waals surface area contributed by atoms with Crippen molar-refractivity contribution in [1.29, 1.82) is 0 Å². The fraction of sp³-hybridized carbons (Fsp3) is 0.136. The molecule has 0 aliphatic heterocycles. The van der Waals surface area contributed by atoms with Gasteiger partial charge in [-0.05, 0) is 54.4 Å². The van der Waals surface area contributed by atoms with Crippen molar-refractivity contribution in [2.45, 2.75) is 6.42 Å². The molecule has 0 atom stereocenters. The van der Waals surface area contributed by atoms with Crippen molar-refractivity contribution in [2.75, 3.05) is 24.7 Å². The second-order valence-corrected chi connectivity index (χ2v) is 6.82. The number of aromatic amines is 1. The summed E-state index contributed by atoms with van der Waals surface area (Å²) in [5.41, 5.74) is 9.27. The van der Waals surface area contributed by atoms with Gasteiger partial charge in [0.1, 0.15) is 5.75 Å². The molecule has 29 heavy (non-hydrogen) atoms. The molecule has 0 aliphatic carbocycles. The number of aromatic nitrogens is 1. The van der Waals surface area contributed by atoms with Crippen molar-refractivity contribution >= 4 is 33.2 Å². The van der Waals surface area contributed by atoms with Crippen LogP contribution in [0, 0.1) is 0 Å². The molecule has 0 unspecified atom stereocenters. The maximum atomic E-state index is 13.2. The standard InChI is InChI=1S/C22H21N3O4/c1-29-13-3-5-16-14(11-13)22(28)20-17(6-4-15(23)21(20)25-16)24-9-8-12-2-7-18(26)19(27)10-12/h2-7,10-11,24,26-27H,8-9,23H2,1H3,(H,25,28). The van der Waals surface area contributed by atoms with Gasteiger partial charge in [-0.3, -0.25) is 4.79 Å². The smallest absolute Gasteiger partial charge is 0.199 e. The molecule has 4 aromatic rings. The lowest BCUT2D eigenvalue weighted by Crippen LogP contribution is -2.12. The van der Waals surface area contributed by atoms with Crippen LogP contribution in [0.15, 0.2) is 53.3 Å². The zero-order valence-electron chi connectivity index (χ0n) is 15.8. The first-order valence-corrected chi connectivity index (χ1v) is 9.15. The lowest BCUT2D eigenvalue weighted by atomic mass is 10.1. The number of phenols is 2. The first-order valence-electron chi connectivity index (χ1n) is 9.15. The number of aromatic hydroxyl groups is 2. The number of hydrogen-bond acceptors (Lipinski definition) is 6. The predicted octanol–water partition coefficient (Wildman–Crippen LogP) is 3.34. The molecule has 0 fully saturated rings. The molecule has 1 heterocycles. The number of nitrogens with one attached hydrogen (secondary N) is 2. The zero-order chi connectivity index (χ0) is 20.5. The van der Waals surface area contributed by atoms with Crippen LogP contribution in [0.25, 0.3) is 21.8 Å². The van der Waals surface area contributed by atoms with E-state index in [1.807, 2.05) is 0 Å². The monoisotopic (exact) mass is 391 g/mol. The maximum absolute atomic E-state index is 13.2. The van der Waals surface area contributed by atoms with Crippen molar-refractivity contribution in [3.05, 3.63) is 64.3 Å². The third kappa shape index (κ3) is 3.38. The highest BCUT2D eigenvalue weighted by Crippen LogP contribution is 2.28. The van der Waals surface area contributed by atoms with E-state index in [4.69, 9.17) is 10.5 Å². The van der Waals surface area contributed by atoms with Gasteiger partial charge in [0.15, 0.2) is 16.9 Å². The van der Waals surface area contributed by atoms with Gasteiger partial charge >= 0.3 is 0 Å². The third-order valence-electron chi connectivity index (χ3n) is 4.96. The maximum Gasteiger partial charge on any atom is 0.199 e. The second-order valence-electron chi connectivity index (χ2n) is 6.82. The number of H-pyrrole nitrogens is 1. The number of rotatable bonds is 5. The Morgan fingerprint density at radius 1 is 1.07 bits per heavy atom. The normalized spacial score (nSPS) is 11.1. The summed E-state index contributed by atoms with van der Waals surface area (Å²) in [6.07, 6.45) is 0.596. The zero-order valence-corrected chi connectivity index (χ0v) is 15.8.